The molecule has 86 valence electrons. The molecule has 0 fully saturated rings. The zero-order valence-corrected chi connectivity index (χ0v) is 9.57. The lowest BCUT2D eigenvalue weighted by molar-refractivity contribution is -0.137. The molecular formula is C13H17NO2. The second-order valence-electron chi connectivity index (χ2n) is 4.34. The Morgan fingerprint density at radius 2 is 2.31 bits per heavy atom. The number of nitrogens with zero attached hydrogens (tertiary/aromatic N) is 1. The van der Waals surface area contributed by atoms with Gasteiger partial charge in [0.05, 0.1) is 0 Å². The zero-order chi connectivity index (χ0) is 11.5. The monoisotopic (exact) mass is 219 g/mol. The number of hydrogen-bond acceptors (Lipinski definition) is 2. The predicted octanol–water partition coefficient (Wildman–Crippen LogP) is 2.09. The van der Waals surface area contributed by atoms with E-state index in [0.717, 1.165) is 25.8 Å². The Hall–Kier alpha value is -1.51. The van der Waals surface area contributed by atoms with E-state index in [4.69, 9.17) is 5.11 Å². The van der Waals surface area contributed by atoms with E-state index in [0.29, 0.717) is 0 Å². The molecule has 3 heteroatoms. The molecular weight excluding hydrogens is 202 g/mol. The smallest absolute Gasteiger partial charge is 0.303 e. The van der Waals surface area contributed by atoms with Crippen LogP contribution in [0.2, 0.25) is 0 Å². The summed E-state index contributed by atoms with van der Waals surface area (Å²) >= 11 is 0. The molecule has 2 rings (SSSR count). The summed E-state index contributed by atoms with van der Waals surface area (Å²) in [6.07, 6.45) is 2.95. The molecule has 1 aromatic rings. The second-order valence-corrected chi connectivity index (χ2v) is 4.34. The molecule has 0 saturated carbocycles. The number of aryl methyl sites for hydroxylation is 1. The number of aliphatic carboxylic acids is 1. The van der Waals surface area contributed by atoms with Crippen LogP contribution in [0.15, 0.2) is 18.2 Å². The van der Waals surface area contributed by atoms with Crippen LogP contribution in [0, 0.1) is 0 Å². The van der Waals surface area contributed by atoms with Crippen molar-refractivity contribution in [1.29, 1.82) is 0 Å². The Morgan fingerprint density at radius 1 is 1.50 bits per heavy atom. The number of hydrogen-bond donors (Lipinski definition) is 1. The van der Waals surface area contributed by atoms with Crippen molar-refractivity contribution in [3.63, 3.8) is 0 Å². The highest BCUT2D eigenvalue weighted by Gasteiger charge is 2.18. The van der Waals surface area contributed by atoms with Crippen LogP contribution in [0.4, 0.5) is 5.69 Å². The molecule has 0 spiro atoms. The number of likely N-dealkylation sites (N-methyl/N-ethyl adjacent to an activating group) is 1. The largest absolute Gasteiger partial charge is 0.481 e. The summed E-state index contributed by atoms with van der Waals surface area (Å²) in [7, 11) is 2.10. The van der Waals surface area contributed by atoms with Crippen molar-refractivity contribution in [3.05, 3.63) is 29.3 Å². The summed E-state index contributed by atoms with van der Waals surface area (Å²) in [5.74, 6) is -0.707. The number of fused-ring (bicyclic) bond motifs is 1. The highest BCUT2D eigenvalue weighted by molar-refractivity contribution is 5.67. The lowest BCUT2D eigenvalue weighted by atomic mass is 10.0. The Labute approximate surface area is 95.7 Å². The van der Waals surface area contributed by atoms with Crippen LogP contribution >= 0.6 is 0 Å². The van der Waals surface area contributed by atoms with E-state index < -0.39 is 5.97 Å². The molecule has 1 heterocycles. The molecule has 0 aromatic heterocycles. The topological polar surface area (TPSA) is 40.5 Å². The number of anilines is 1. The lowest BCUT2D eigenvalue weighted by Crippen LogP contribution is -2.14. The van der Waals surface area contributed by atoms with E-state index in [2.05, 4.69) is 30.1 Å². The van der Waals surface area contributed by atoms with Gasteiger partial charge in [-0.2, -0.15) is 0 Å². The van der Waals surface area contributed by atoms with Crippen molar-refractivity contribution in [2.24, 2.45) is 0 Å². The third kappa shape index (κ3) is 2.18. The van der Waals surface area contributed by atoms with Gasteiger partial charge in [-0.3, -0.25) is 4.79 Å². The van der Waals surface area contributed by atoms with E-state index in [1.165, 1.54) is 16.8 Å². The van der Waals surface area contributed by atoms with Crippen molar-refractivity contribution in [2.45, 2.75) is 25.7 Å². The van der Waals surface area contributed by atoms with Gasteiger partial charge in [0.25, 0.3) is 0 Å². The molecule has 16 heavy (non-hydrogen) atoms. The van der Waals surface area contributed by atoms with Gasteiger partial charge in [-0.15, -0.1) is 0 Å². The van der Waals surface area contributed by atoms with E-state index >= 15 is 0 Å². The number of carbonyl (C=O) groups is 1. The summed E-state index contributed by atoms with van der Waals surface area (Å²) in [4.78, 5) is 12.7. The summed E-state index contributed by atoms with van der Waals surface area (Å²) < 4.78 is 0. The maximum atomic E-state index is 10.5. The maximum Gasteiger partial charge on any atom is 0.303 e. The molecule has 0 atom stereocenters. The van der Waals surface area contributed by atoms with Gasteiger partial charge in [-0.1, -0.05) is 18.2 Å². The average molecular weight is 219 g/mol. The first-order valence-electron chi connectivity index (χ1n) is 5.72. The second kappa shape index (κ2) is 4.56. The predicted molar refractivity (Wildman–Crippen MR) is 64.0 cm³/mol. The summed E-state index contributed by atoms with van der Waals surface area (Å²) in [6.45, 7) is 1.07. The molecule has 1 aliphatic rings. The summed E-state index contributed by atoms with van der Waals surface area (Å²) in [6, 6.07) is 6.36. The first-order valence-corrected chi connectivity index (χ1v) is 5.72. The fourth-order valence-corrected chi connectivity index (χ4v) is 2.37. The molecule has 0 amide bonds. The highest BCUT2D eigenvalue weighted by atomic mass is 16.4. The number of carboxylic acid groups (broad SMARTS) is 1. The van der Waals surface area contributed by atoms with Crippen molar-refractivity contribution < 1.29 is 9.90 Å². The van der Waals surface area contributed by atoms with Crippen molar-refractivity contribution in [2.75, 3.05) is 18.5 Å². The molecule has 3 nitrogen and oxygen atoms in total. The number of benzene rings is 1. The molecule has 1 aromatic carbocycles. The zero-order valence-electron chi connectivity index (χ0n) is 9.57. The SMILES string of the molecule is CN1CCc2cccc(CCCC(=O)O)c21. The van der Waals surface area contributed by atoms with Crippen LogP contribution in [0.3, 0.4) is 0 Å². The first kappa shape index (κ1) is 11.0. The number of para-hydroxylation sites is 1. The minimum Gasteiger partial charge on any atom is -0.481 e. The molecule has 0 radical (unpaired) electrons. The van der Waals surface area contributed by atoms with Gasteiger partial charge in [0.15, 0.2) is 0 Å². The van der Waals surface area contributed by atoms with Crippen LogP contribution in [0.1, 0.15) is 24.0 Å². The first-order chi connectivity index (χ1) is 7.68. The van der Waals surface area contributed by atoms with Crippen LogP contribution < -0.4 is 4.90 Å². The minimum atomic E-state index is -0.707. The Morgan fingerprint density at radius 3 is 3.06 bits per heavy atom. The molecule has 0 saturated heterocycles. The number of carboxylic acids is 1. The molecule has 0 bridgehead atoms. The van der Waals surface area contributed by atoms with Crippen molar-refractivity contribution in [1.82, 2.24) is 0 Å². The van der Waals surface area contributed by atoms with Crippen LogP contribution in [0.5, 0.6) is 0 Å². The van der Waals surface area contributed by atoms with Crippen LogP contribution in [-0.2, 0) is 17.6 Å². The molecule has 1 aliphatic heterocycles. The normalized spacial score (nSPS) is 13.9. The van der Waals surface area contributed by atoms with Gasteiger partial charge in [0.2, 0.25) is 0 Å². The van der Waals surface area contributed by atoms with E-state index in [-0.39, 0.29) is 6.42 Å². The standard InChI is InChI=1S/C13H17NO2/c1-14-9-8-11-5-2-4-10(13(11)14)6-3-7-12(15)16/h2,4-5H,3,6-9H2,1H3,(H,15,16). The number of rotatable bonds is 4. The fraction of sp³-hybridized carbons (Fsp3) is 0.462. The fourth-order valence-electron chi connectivity index (χ4n) is 2.37. The quantitative estimate of drug-likeness (QED) is 0.843. The Bertz CT molecular complexity index is 401. The van der Waals surface area contributed by atoms with Crippen LogP contribution in [0.25, 0.3) is 0 Å². The van der Waals surface area contributed by atoms with Gasteiger partial charge >= 0.3 is 5.97 Å². The Balaban J connectivity index is 2.10. The summed E-state index contributed by atoms with van der Waals surface area (Å²) in [5.41, 5.74) is 4.02. The maximum absolute atomic E-state index is 10.5. The average Bonchev–Trinajstić information content (AvgIpc) is 2.61. The molecule has 1 N–H and O–H groups in total. The van der Waals surface area contributed by atoms with Gasteiger partial charge < -0.3 is 10.0 Å². The summed E-state index contributed by atoms with van der Waals surface area (Å²) in [5, 5.41) is 8.63. The highest BCUT2D eigenvalue weighted by Crippen LogP contribution is 2.31. The molecule has 0 unspecified atom stereocenters. The van der Waals surface area contributed by atoms with E-state index in [9.17, 15) is 4.79 Å². The van der Waals surface area contributed by atoms with Gasteiger partial charge in [-0.25, -0.2) is 0 Å². The Kier molecular flexibility index (Phi) is 3.13. The van der Waals surface area contributed by atoms with Gasteiger partial charge in [0.1, 0.15) is 0 Å². The van der Waals surface area contributed by atoms with E-state index in [1.807, 2.05) is 0 Å². The van der Waals surface area contributed by atoms with E-state index in [1.54, 1.807) is 0 Å². The third-order valence-corrected chi connectivity index (χ3v) is 3.14. The van der Waals surface area contributed by atoms with Crippen LogP contribution in [-0.4, -0.2) is 24.7 Å². The van der Waals surface area contributed by atoms with Crippen molar-refractivity contribution in [3.8, 4) is 0 Å². The van der Waals surface area contributed by atoms with Gasteiger partial charge in [0, 0.05) is 25.7 Å². The van der Waals surface area contributed by atoms with Crippen molar-refractivity contribution >= 4 is 11.7 Å². The molecule has 0 aliphatic carbocycles. The minimum absolute atomic E-state index is 0.257. The third-order valence-electron chi connectivity index (χ3n) is 3.14. The lowest BCUT2D eigenvalue weighted by Gasteiger charge is -2.16. The van der Waals surface area contributed by atoms with Gasteiger partial charge in [-0.05, 0) is 30.4 Å².